The summed E-state index contributed by atoms with van der Waals surface area (Å²) in [6, 6.07) is 2.17. The molecule has 0 spiro atoms. The lowest BCUT2D eigenvalue weighted by molar-refractivity contribution is 0.554. The molecule has 0 aromatic carbocycles. The van der Waals surface area contributed by atoms with Gasteiger partial charge in [0.1, 0.15) is 0 Å². The van der Waals surface area contributed by atoms with Gasteiger partial charge in [-0.3, -0.25) is 0 Å². The SMILES string of the molecule is CCCCCCCCCCCC(Cl)c1sc(C)cc1Br. The quantitative estimate of drug-likeness (QED) is 0.269. The first-order valence-corrected chi connectivity index (χ1v) is 10.1. The Hall–Kier alpha value is 0.470. The Kier molecular flexibility index (Phi) is 10.3. The van der Waals surface area contributed by atoms with Crippen molar-refractivity contribution >= 4 is 38.9 Å². The normalized spacial score (nSPS) is 12.8. The molecular formula is C17H28BrClS. The van der Waals surface area contributed by atoms with Crippen molar-refractivity contribution in [2.75, 3.05) is 0 Å². The van der Waals surface area contributed by atoms with Crippen LogP contribution in [-0.2, 0) is 0 Å². The highest BCUT2D eigenvalue weighted by atomic mass is 79.9. The van der Waals surface area contributed by atoms with Gasteiger partial charge < -0.3 is 0 Å². The maximum atomic E-state index is 6.50. The van der Waals surface area contributed by atoms with Crippen LogP contribution < -0.4 is 0 Å². The molecule has 1 unspecified atom stereocenters. The topological polar surface area (TPSA) is 0 Å². The van der Waals surface area contributed by atoms with Crippen LogP contribution in [0.1, 0.15) is 86.3 Å². The highest BCUT2D eigenvalue weighted by molar-refractivity contribution is 9.10. The fourth-order valence-corrected chi connectivity index (χ4v) is 4.96. The molecule has 1 heterocycles. The molecule has 0 saturated carbocycles. The predicted molar refractivity (Wildman–Crippen MR) is 97.2 cm³/mol. The standard InChI is InChI=1S/C17H28BrClS/c1-3-4-5-6-7-8-9-10-11-12-16(19)17-15(18)13-14(2)20-17/h13,16H,3-12H2,1-2H3. The molecule has 1 aromatic rings. The number of thiophene rings is 1. The molecule has 0 amide bonds. The molecule has 0 saturated heterocycles. The largest absolute Gasteiger partial charge is 0.143 e. The van der Waals surface area contributed by atoms with Gasteiger partial charge in [-0.1, -0.05) is 64.7 Å². The summed E-state index contributed by atoms with van der Waals surface area (Å²) in [5.41, 5.74) is 0. The monoisotopic (exact) mass is 378 g/mol. The second-order valence-corrected chi connectivity index (χ2v) is 8.32. The van der Waals surface area contributed by atoms with E-state index < -0.39 is 0 Å². The van der Waals surface area contributed by atoms with E-state index in [2.05, 4.69) is 35.8 Å². The van der Waals surface area contributed by atoms with Gasteiger partial charge in [0.15, 0.2) is 0 Å². The number of hydrogen-bond acceptors (Lipinski definition) is 1. The number of alkyl halides is 1. The van der Waals surface area contributed by atoms with Crippen LogP contribution >= 0.6 is 38.9 Å². The maximum Gasteiger partial charge on any atom is 0.0690 e. The first-order chi connectivity index (χ1) is 9.65. The lowest BCUT2D eigenvalue weighted by Gasteiger charge is -2.08. The van der Waals surface area contributed by atoms with Gasteiger partial charge in [0.05, 0.1) is 5.38 Å². The average Bonchev–Trinajstić information content (AvgIpc) is 2.75. The highest BCUT2D eigenvalue weighted by Crippen LogP contribution is 2.38. The van der Waals surface area contributed by atoms with Crippen LogP contribution in [0, 0.1) is 6.92 Å². The minimum atomic E-state index is 0.188. The predicted octanol–water partition coefficient (Wildman–Crippen LogP) is 8.02. The summed E-state index contributed by atoms with van der Waals surface area (Å²) in [5, 5.41) is 0.188. The smallest absolute Gasteiger partial charge is 0.0690 e. The van der Waals surface area contributed by atoms with E-state index in [1.807, 2.05) is 11.3 Å². The van der Waals surface area contributed by atoms with Crippen LogP contribution in [0.4, 0.5) is 0 Å². The average molecular weight is 380 g/mol. The number of aryl methyl sites for hydroxylation is 1. The molecular weight excluding hydrogens is 352 g/mol. The fraction of sp³-hybridized carbons (Fsp3) is 0.765. The van der Waals surface area contributed by atoms with E-state index in [-0.39, 0.29) is 5.38 Å². The lowest BCUT2D eigenvalue weighted by atomic mass is 10.1. The Labute approximate surface area is 142 Å². The van der Waals surface area contributed by atoms with Crippen LogP contribution in [0.15, 0.2) is 10.5 Å². The van der Waals surface area contributed by atoms with Crippen molar-refractivity contribution in [1.29, 1.82) is 0 Å². The molecule has 0 N–H and O–H groups in total. The summed E-state index contributed by atoms with van der Waals surface area (Å²) in [6.45, 7) is 4.41. The van der Waals surface area contributed by atoms with E-state index in [4.69, 9.17) is 11.6 Å². The molecule has 0 bridgehead atoms. The fourth-order valence-electron chi connectivity index (χ4n) is 2.48. The van der Waals surface area contributed by atoms with Crippen molar-refractivity contribution in [2.45, 2.75) is 83.4 Å². The zero-order valence-corrected chi connectivity index (χ0v) is 16.0. The number of unbranched alkanes of at least 4 members (excludes halogenated alkanes) is 8. The van der Waals surface area contributed by atoms with Crippen LogP contribution in [0.3, 0.4) is 0 Å². The minimum Gasteiger partial charge on any atom is -0.143 e. The molecule has 0 radical (unpaired) electrons. The summed E-state index contributed by atoms with van der Waals surface area (Å²) >= 11 is 11.9. The Bertz CT molecular complexity index is 362. The van der Waals surface area contributed by atoms with Gasteiger partial charge >= 0.3 is 0 Å². The van der Waals surface area contributed by atoms with Gasteiger partial charge in [-0.15, -0.1) is 22.9 Å². The first-order valence-electron chi connectivity index (χ1n) is 8.05. The second kappa shape index (κ2) is 11.1. The minimum absolute atomic E-state index is 0.188. The van der Waals surface area contributed by atoms with Gasteiger partial charge in [0.25, 0.3) is 0 Å². The molecule has 20 heavy (non-hydrogen) atoms. The van der Waals surface area contributed by atoms with E-state index in [1.54, 1.807) is 0 Å². The van der Waals surface area contributed by atoms with E-state index >= 15 is 0 Å². The van der Waals surface area contributed by atoms with Crippen LogP contribution in [0.5, 0.6) is 0 Å². The molecule has 116 valence electrons. The molecule has 0 aliphatic carbocycles. The van der Waals surface area contributed by atoms with Crippen molar-refractivity contribution in [2.24, 2.45) is 0 Å². The van der Waals surface area contributed by atoms with Crippen LogP contribution in [-0.4, -0.2) is 0 Å². The molecule has 1 aromatic heterocycles. The van der Waals surface area contributed by atoms with Crippen molar-refractivity contribution in [3.63, 3.8) is 0 Å². The van der Waals surface area contributed by atoms with Crippen molar-refractivity contribution in [3.05, 3.63) is 20.3 Å². The molecule has 1 rings (SSSR count). The molecule has 3 heteroatoms. The van der Waals surface area contributed by atoms with Gasteiger partial charge in [0.2, 0.25) is 0 Å². The lowest BCUT2D eigenvalue weighted by Crippen LogP contribution is -1.89. The number of hydrogen-bond donors (Lipinski definition) is 0. The van der Waals surface area contributed by atoms with E-state index in [1.165, 1.54) is 72.0 Å². The zero-order chi connectivity index (χ0) is 14.8. The molecule has 0 nitrogen and oxygen atoms in total. The Morgan fingerprint density at radius 1 is 1.05 bits per heavy atom. The van der Waals surface area contributed by atoms with Crippen LogP contribution in [0.25, 0.3) is 0 Å². The van der Waals surface area contributed by atoms with E-state index in [0.29, 0.717) is 0 Å². The Morgan fingerprint density at radius 2 is 1.60 bits per heavy atom. The Balaban J connectivity index is 2.02. The summed E-state index contributed by atoms with van der Waals surface area (Å²) in [6.07, 6.45) is 13.5. The highest BCUT2D eigenvalue weighted by Gasteiger charge is 2.14. The zero-order valence-electron chi connectivity index (χ0n) is 12.9. The number of halogens is 2. The van der Waals surface area contributed by atoms with Gasteiger partial charge in [-0.25, -0.2) is 0 Å². The molecule has 0 aliphatic rings. The van der Waals surface area contributed by atoms with E-state index in [0.717, 1.165) is 6.42 Å². The van der Waals surface area contributed by atoms with Crippen molar-refractivity contribution in [1.82, 2.24) is 0 Å². The number of rotatable bonds is 11. The summed E-state index contributed by atoms with van der Waals surface area (Å²) in [4.78, 5) is 2.65. The van der Waals surface area contributed by atoms with Crippen LogP contribution in [0.2, 0.25) is 0 Å². The van der Waals surface area contributed by atoms with Gasteiger partial charge in [0, 0.05) is 14.2 Å². The first kappa shape index (κ1) is 18.5. The van der Waals surface area contributed by atoms with Gasteiger partial charge in [-0.05, 0) is 35.3 Å². The molecule has 1 atom stereocenters. The summed E-state index contributed by atoms with van der Waals surface area (Å²) in [7, 11) is 0. The summed E-state index contributed by atoms with van der Waals surface area (Å²) < 4.78 is 1.19. The second-order valence-electron chi connectivity index (χ2n) is 5.65. The third-order valence-electron chi connectivity index (χ3n) is 3.68. The van der Waals surface area contributed by atoms with E-state index in [9.17, 15) is 0 Å². The van der Waals surface area contributed by atoms with Gasteiger partial charge in [-0.2, -0.15) is 0 Å². The summed E-state index contributed by atoms with van der Waals surface area (Å²) in [5.74, 6) is 0. The Morgan fingerprint density at radius 3 is 2.10 bits per heavy atom. The third kappa shape index (κ3) is 7.47. The molecule has 0 fully saturated rings. The third-order valence-corrected chi connectivity index (χ3v) is 6.33. The molecule has 0 aliphatic heterocycles. The van der Waals surface area contributed by atoms with Crippen molar-refractivity contribution in [3.8, 4) is 0 Å². The maximum absolute atomic E-state index is 6.50. The van der Waals surface area contributed by atoms with Crippen molar-refractivity contribution < 1.29 is 0 Å².